The molecular formula is C36H26ClF7O. The van der Waals surface area contributed by atoms with Gasteiger partial charge < -0.3 is 4.74 Å². The van der Waals surface area contributed by atoms with Crippen LogP contribution in [0, 0.1) is 29.1 Å². The van der Waals surface area contributed by atoms with E-state index in [2.05, 4.69) is 6.92 Å². The molecule has 5 rings (SSSR count). The quantitative estimate of drug-likeness (QED) is 0.0837. The average Bonchev–Trinajstić information content (AvgIpc) is 3.00. The molecule has 1 nitrogen and oxygen atoms in total. The average molecular weight is 643 g/mol. The molecule has 5 aromatic carbocycles. The number of benzene rings is 5. The van der Waals surface area contributed by atoms with Crippen LogP contribution < -0.4 is 4.74 Å². The van der Waals surface area contributed by atoms with Crippen LogP contribution in [0.3, 0.4) is 0 Å². The predicted molar refractivity (Wildman–Crippen MR) is 162 cm³/mol. The van der Waals surface area contributed by atoms with E-state index in [1.54, 1.807) is 0 Å². The second kappa shape index (κ2) is 13.4. The van der Waals surface area contributed by atoms with Crippen LogP contribution in [0.5, 0.6) is 5.75 Å². The van der Waals surface area contributed by atoms with Crippen molar-refractivity contribution in [2.24, 2.45) is 0 Å². The number of halogens is 8. The number of unbranched alkanes of at least 4 members (excludes halogenated alkanes) is 2. The Morgan fingerprint density at radius 2 is 1.13 bits per heavy atom. The van der Waals surface area contributed by atoms with Crippen molar-refractivity contribution in [3.8, 4) is 39.1 Å². The fraction of sp³-hybridized carbons (Fsp3) is 0.167. The summed E-state index contributed by atoms with van der Waals surface area (Å²) in [4.78, 5) is 0. The fourth-order valence-corrected chi connectivity index (χ4v) is 5.11. The lowest BCUT2D eigenvalue weighted by molar-refractivity contribution is -0.187. The minimum Gasteiger partial charge on any atom is -0.429 e. The van der Waals surface area contributed by atoms with E-state index in [1.807, 2.05) is 24.3 Å². The summed E-state index contributed by atoms with van der Waals surface area (Å²) in [5, 5.41) is -0.732. The molecule has 0 N–H and O–H groups in total. The maximum Gasteiger partial charge on any atom is 0.429 e. The third kappa shape index (κ3) is 7.17. The van der Waals surface area contributed by atoms with Crippen molar-refractivity contribution in [2.75, 3.05) is 0 Å². The van der Waals surface area contributed by atoms with Gasteiger partial charge in [0.05, 0.1) is 5.56 Å². The monoisotopic (exact) mass is 642 g/mol. The van der Waals surface area contributed by atoms with Crippen molar-refractivity contribution in [1.82, 2.24) is 0 Å². The van der Waals surface area contributed by atoms with Crippen molar-refractivity contribution in [3.63, 3.8) is 0 Å². The molecule has 0 radical (unpaired) electrons. The van der Waals surface area contributed by atoms with Crippen molar-refractivity contribution in [1.29, 1.82) is 0 Å². The maximum absolute atomic E-state index is 15.0. The van der Waals surface area contributed by atoms with Crippen LogP contribution in [-0.4, -0.2) is 0 Å². The van der Waals surface area contributed by atoms with Crippen LogP contribution in [0.15, 0.2) is 91.0 Å². The van der Waals surface area contributed by atoms with Crippen LogP contribution in [-0.2, 0) is 12.5 Å². The van der Waals surface area contributed by atoms with Crippen LogP contribution in [0.4, 0.5) is 30.7 Å². The van der Waals surface area contributed by atoms with E-state index in [9.17, 15) is 17.6 Å². The van der Waals surface area contributed by atoms with Crippen LogP contribution in [0.25, 0.3) is 33.4 Å². The molecule has 0 bridgehead atoms. The van der Waals surface area contributed by atoms with E-state index in [-0.39, 0.29) is 22.3 Å². The topological polar surface area (TPSA) is 9.23 Å². The molecule has 5 aromatic rings. The molecule has 0 saturated carbocycles. The van der Waals surface area contributed by atoms with Gasteiger partial charge in [-0.05, 0) is 83.1 Å². The molecule has 0 saturated heterocycles. The Bertz CT molecular complexity index is 1810. The van der Waals surface area contributed by atoms with Gasteiger partial charge in [0.25, 0.3) is 0 Å². The lowest BCUT2D eigenvalue weighted by atomic mass is 9.99. The van der Waals surface area contributed by atoms with E-state index in [0.717, 1.165) is 73.7 Å². The fourth-order valence-electron chi connectivity index (χ4n) is 5.00. The second-order valence-corrected chi connectivity index (χ2v) is 10.9. The summed E-state index contributed by atoms with van der Waals surface area (Å²) in [5.74, 6) is -5.88. The van der Waals surface area contributed by atoms with Crippen LogP contribution in [0.1, 0.15) is 37.3 Å². The third-order valence-corrected chi connectivity index (χ3v) is 7.76. The number of alkyl halides is 2. The normalized spacial score (nSPS) is 11.6. The van der Waals surface area contributed by atoms with E-state index >= 15 is 13.2 Å². The summed E-state index contributed by atoms with van der Waals surface area (Å²) in [6.45, 7) is 2.12. The molecule has 0 heterocycles. The zero-order valence-electron chi connectivity index (χ0n) is 23.9. The Morgan fingerprint density at radius 1 is 0.578 bits per heavy atom. The first-order valence-corrected chi connectivity index (χ1v) is 14.5. The Balaban J connectivity index is 1.32. The smallest absolute Gasteiger partial charge is 0.429 e. The van der Waals surface area contributed by atoms with Gasteiger partial charge in [-0.3, -0.25) is 0 Å². The van der Waals surface area contributed by atoms with Crippen LogP contribution >= 0.6 is 11.6 Å². The Labute approximate surface area is 260 Å². The number of ether oxygens (including phenoxy) is 1. The van der Waals surface area contributed by atoms with Gasteiger partial charge in [-0.25, -0.2) is 22.0 Å². The molecule has 45 heavy (non-hydrogen) atoms. The van der Waals surface area contributed by atoms with E-state index in [4.69, 9.17) is 16.3 Å². The van der Waals surface area contributed by atoms with Crippen molar-refractivity contribution in [3.05, 3.63) is 136 Å². The maximum atomic E-state index is 15.0. The van der Waals surface area contributed by atoms with Gasteiger partial charge in [0.15, 0.2) is 0 Å². The molecule has 9 heteroatoms. The molecule has 232 valence electrons. The van der Waals surface area contributed by atoms with Crippen molar-refractivity contribution in [2.45, 2.75) is 38.7 Å². The molecule has 0 aliphatic heterocycles. The number of aryl methyl sites for hydroxylation is 1. The SMILES string of the molecule is CCCCCc1ccc(-c2ccc(C(F)(F)Oc3ccc(-c4ccc(-c5cc(F)c(Cl)c(F)c5)c(F)c4)c(F)c3)c(F)c2)cc1. The molecule has 0 aromatic heterocycles. The summed E-state index contributed by atoms with van der Waals surface area (Å²) in [7, 11) is 0. The van der Waals surface area contributed by atoms with Gasteiger partial charge >= 0.3 is 6.11 Å². The Hall–Kier alpha value is -4.30. The molecule has 0 unspecified atom stereocenters. The van der Waals surface area contributed by atoms with Crippen LogP contribution in [0.2, 0.25) is 5.02 Å². The number of hydrogen-bond acceptors (Lipinski definition) is 1. The highest BCUT2D eigenvalue weighted by Gasteiger charge is 2.38. The van der Waals surface area contributed by atoms with E-state index in [0.29, 0.717) is 17.2 Å². The number of hydrogen-bond donors (Lipinski definition) is 0. The molecule has 0 aliphatic rings. The molecule has 0 amide bonds. The summed E-state index contributed by atoms with van der Waals surface area (Å²) < 4.78 is 107. The molecule has 0 atom stereocenters. The predicted octanol–water partition coefficient (Wildman–Crippen LogP) is 11.9. The summed E-state index contributed by atoms with van der Waals surface area (Å²) >= 11 is 5.48. The standard InChI is InChI=1S/C36H26ClF7O/c1-2-3-4-5-21-6-8-22(9-7-21)23-11-15-29(32(40)16-23)36(43,44)45-26-12-14-27(31(39)20-26)24-10-13-28(30(38)17-24)25-18-33(41)35(37)34(42)19-25/h6-20H,2-5H2,1H3. The lowest BCUT2D eigenvalue weighted by Crippen LogP contribution is -2.23. The first-order chi connectivity index (χ1) is 21.5. The first kappa shape index (κ1) is 32.1. The molecule has 0 fully saturated rings. The van der Waals surface area contributed by atoms with Gasteiger partial charge in [-0.1, -0.05) is 73.8 Å². The van der Waals surface area contributed by atoms with Gasteiger partial charge in [0.2, 0.25) is 0 Å². The Kier molecular flexibility index (Phi) is 9.53. The zero-order valence-corrected chi connectivity index (χ0v) is 24.7. The minimum atomic E-state index is -4.14. The largest absolute Gasteiger partial charge is 0.429 e. The highest BCUT2D eigenvalue weighted by molar-refractivity contribution is 6.31. The number of rotatable bonds is 10. The minimum absolute atomic E-state index is 0.0255. The van der Waals surface area contributed by atoms with Gasteiger partial charge in [0.1, 0.15) is 39.9 Å². The summed E-state index contributed by atoms with van der Waals surface area (Å²) in [6.07, 6.45) is 0.0663. The van der Waals surface area contributed by atoms with Gasteiger partial charge in [-0.2, -0.15) is 8.78 Å². The van der Waals surface area contributed by atoms with E-state index < -0.39 is 51.5 Å². The highest BCUT2D eigenvalue weighted by atomic mass is 35.5. The molecule has 0 aliphatic carbocycles. The first-order valence-electron chi connectivity index (χ1n) is 14.2. The van der Waals surface area contributed by atoms with Crippen molar-refractivity contribution >= 4 is 11.6 Å². The Morgan fingerprint density at radius 3 is 1.76 bits per heavy atom. The molecule has 0 spiro atoms. The molecular weight excluding hydrogens is 617 g/mol. The zero-order chi connectivity index (χ0) is 32.3. The van der Waals surface area contributed by atoms with Gasteiger partial charge in [0, 0.05) is 17.2 Å². The van der Waals surface area contributed by atoms with Gasteiger partial charge in [-0.15, -0.1) is 0 Å². The lowest BCUT2D eigenvalue weighted by Gasteiger charge is -2.20. The third-order valence-electron chi connectivity index (χ3n) is 7.40. The summed E-state index contributed by atoms with van der Waals surface area (Å²) in [6, 6.07) is 18.7. The second-order valence-electron chi connectivity index (χ2n) is 10.6. The van der Waals surface area contributed by atoms with E-state index in [1.165, 1.54) is 18.2 Å². The van der Waals surface area contributed by atoms with Crippen molar-refractivity contribution < 1.29 is 35.5 Å². The highest BCUT2D eigenvalue weighted by Crippen LogP contribution is 2.37. The summed E-state index contributed by atoms with van der Waals surface area (Å²) in [5.41, 5.74) is 0.761.